The van der Waals surface area contributed by atoms with Crippen molar-refractivity contribution in [3.05, 3.63) is 41.5 Å². The summed E-state index contributed by atoms with van der Waals surface area (Å²) < 4.78 is 12.5. The van der Waals surface area contributed by atoms with Crippen molar-refractivity contribution in [1.29, 1.82) is 0 Å². The molecule has 0 aromatic heterocycles. The number of hydrogen-bond donors (Lipinski definition) is 0. The largest absolute Gasteiger partial charge is 0.375 e. The molecule has 0 fully saturated rings. The third kappa shape index (κ3) is 3.35. The Labute approximate surface area is 87.8 Å². The van der Waals surface area contributed by atoms with Crippen molar-refractivity contribution < 1.29 is 6.11 Å². The molecule has 14 heavy (non-hydrogen) atoms. The highest BCUT2D eigenvalue weighted by Gasteiger charge is 2.09. The molecule has 0 saturated heterocycles. The minimum absolute atomic E-state index is 0.228. The van der Waals surface area contributed by atoms with Crippen LogP contribution in [0.5, 0.6) is 0 Å². The topological polar surface area (TPSA) is 9.23 Å². The van der Waals surface area contributed by atoms with E-state index in [2.05, 4.69) is 0 Å². The number of aryl methyl sites for hydroxylation is 1. The summed E-state index contributed by atoms with van der Waals surface area (Å²) >= 11 is 0. The van der Waals surface area contributed by atoms with Gasteiger partial charge in [0.05, 0.1) is 5.60 Å². The molecule has 0 atom stereocenters. The lowest BCUT2D eigenvalue weighted by molar-refractivity contribution is 0.0663. The van der Waals surface area contributed by atoms with Crippen molar-refractivity contribution in [3.63, 3.8) is 0 Å². The Bertz CT molecular complexity index is 325. The molecule has 0 aliphatic heterocycles. The summed E-state index contributed by atoms with van der Waals surface area (Å²) in [7, 11) is 1.70. The molecule has 0 heterocycles. The molecule has 0 saturated carbocycles. The van der Waals surface area contributed by atoms with Gasteiger partial charge in [-0.05, 0) is 26.3 Å². The van der Waals surface area contributed by atoms with Crippen LogP contribution < -0.4 is 0 Å². The number of methoxy groups -OCH3 is 1. The first kappa shape index (κ1) is 9.47. The van der Waals surface area contributed by atoms with Crippen molar-refractivity contribution in [2.24, 2.45) is 0 Å². The van der Waals surface area contributed by atoms with E-state index in [1.807, 2.05) is 50.3 Å². The van der Waals surface area contributed by atoms with Crippen molar-refractivity contribution >= 4 is 6.08 Å². The molecular weight excluding hydrogens is 172 g/mol. The van der Waals surface area contributed by atoms with Gasteiger partial charge >= 0.3 is 0 Å². The third-order valence-electron chi connectivity index (χ3n) is 2.18. The van der Waals surface area contributed by atoms with Crippen LogP contribution in [0.3, 0.4) is 0 Å². The van der Waals surface area contributed by atoms with Crippen molar-refractivity contribution in [3.8, 4) is 0 Å². The molecule has 1 nitrogen and oxygen atoms in total. The highest BCUT2D eigenvalue weighted by molar-refractivity contribution is 5.50. The molecule has 0 radical (unpaired) electrons. The van der Waals surface area contributed by atoms with Gasteiger partial charge in [0.25, 0.3) is 0 Å². The molecule has 1 rings (SSSR count). The Morgan fingerprint density at radius 2 is 1.93 bits per heavy atom. The monoisotopic (exact) mass is 191 g/mol. The summed E-state index contributed by atoms with van der Waals surface area (Å²) in [4.78, 5) is 0. The van der Waals surface area contributed by atoms with E-state index in [0.717, 1.165) is 11.1 Å². The average Bonchev–Trinajstić information content (AvgIpc) is 2.27. The molecule has 1 aromatic rings. The van der Waals surface area contributed by atoms with E-state index in [1.165, 1.54) is 0 Å². The second kappa shape index (κ2) is 4.43. The second-order valence-corrected chi connectivity index (χ2v) is 3.88. The zero-order valence-electron chi connectivity index (χ0n) is 10.1. The zero-order valence-corrected chi connectivity index (χ0v) is 9.08. The lowest BCUT2D eigenvalue weighted by atomic mass is 10.1. The minimum atomic E-state index is -0.228. The van der Waals surface area contributed by atoms with E-state index in [0.29, 0.717) is 6.90 Å². The van der Waals surface area contributed by atoms with Crippen molar-refractivity contribution in [1.82, 2.24) is 0 Å². The highest BCUT2D eigenvalue weighted by Crippen LogP contribution is 2.12. The average molecular weight is 191 g/mol. The standard InChI is InChI=1S/C13H18O/c1-11-5-7-12(8-6-11)9-10-13(2,3)14-4/h5-10H,1-4H3/b10-9-/i1D. The molecule has 0 bridgehead atoms. The van der Waals surface area contributed by atoms with Gasteiger partial charge in [-0.15, -0.1) is 0 Å². The SMILES string of the molecule is [2H]Cc1ccc(/C=C\C(C)(C)OC)cc1. The molecule has 76 valence electrons. The maximum absolute atomic E-state index is 7.21. The number of hydrogen-bond acceptors (Lipinski definition) is 1. The van der Waals surface area contributed by atoms with Crippen LogP contribution in [0.15, 0.2) is 30.3 Å². The summed E-state index contributed by atoms with van der Waals surface area (Å²) in [6.45, 7) is 4.37. The van der Waals surface area contributed by atoms with Crippen LogP contribution in [0.4, 0.5) is 0 Å². The predicted octanol–water partition coefficient (Wildman–Crippen LogP) is 3.43. The third-order valence-corrected chi connectivity index (χ3v) is 2.18. The van der Waals surface area contributed by atoms with Crippen LogP contribution in [-0.4, -0.2) is 12.7 Å². The highest BCUT2D eigenvalue weighted by atomic mass is 16.5. The summed E-state index contributed by atoms with van der Waals surface area (Å²) in [5, 5.41) is 0. The van der Waals surface area contributed by atoms with Crippen LogP contribution in [0, 0.1) is 6.90 Å². The first-order valence-electron chi connectivity index (χ1n) is 5.41. The van der Waals surface area contributed by atoms with Crippen molar-refractivity contribution in [2.45, 2.75) is 26.3 Å². The molecular formula is C13H18O. The summed E-state index contributed by atoms with van der Waals surface area (Å²) in [6, 6.07) is 8.00. The number of benzene rings is 1. The Balaban J connectivity index is 2.73. The van der Waals surface area contributed by atoms with Crippen molar-refractivity contribution in [2.75, 3.05) is 7.11 Å². The Hall–Kier alpha value is -1.08. The van der Waals surface area contributed by atoms with E-state index >= 15 is 0 Å². The maximum atomic E-state index is 7.21. The van der Waals surface area contributed by atoms with Gasteiger partial charge in [-0.1, -0.05) is 42.0 Å². The zero-order chi connectivity index (χ0) is 11.3. The lowest BCUT2D eigenvalue weighted by Crippen LogP contribution is -2.18. The van der Waals surface area contributed by atoms with Gasteiger partial charge in [-0.3, -0.25) is 0 Å². The van der Waals surface area contributed by atoms with Crippen LogP contribution in [-0.2, 0) is 4.74 Å². The van der Waals surface area contributed by atoms with Gasteiger partial charge in [-0.2, -0.15) is 0 Å². The van der Waals surface area contributed by atoms with Gasteiger partial charge < -0.3 is 4.74 Å². The maximum Gasteiger partial charge on any atom is 0.0805 e. The van der Waals surface area contributed by atoms with E-state index in [4.69, 9.17) is 6.11 Å². The fourth-order valence-corrected chi connectivity index (χ4v) is 0.994. The fourth-order valence-electron chi connectivity index (χ4n) is 0.994. The molecule has 0 spiro atoms. The Morgan fingerprint density at radius 1 is 1.29 bits per heavy atom. The van der Waals surface area contributed by atoms with Crippen LogP contribution in [0.1, 0.15) is 26.3 Å². The lowest BCUT2D eigenvalue weighted by Gasteiger charge is -2.17. The first-order chi connectivity index (χ1) is 7.07. The number of rotatable bonds is 3. The predicted molar refractivity (Wildman–Crippen MR) is 61.3 cm³/mol. The molecule has 0 amide bonds. The first-order valence-corrected chi connectivity index (χ1v) is 4.70. The smallest absolute Gasteiger partial charge is 0.0805 e. The second-order valence-electron chi connectivity index (χ2n) is 3.88. The van der Waals surface area contributed by atoms with Crippen LogP contribution in [0.25, 0.3) is 6.08 Å². The normalized spacial score (nSPS) is 13.2. The van der Waals surface area contributed by atoms with E-state index < -0.39 is 0 Å². The summed E-state index contributed by atoms with van der Waals surface area (Å²) in [5.41, 5.74) is 1.95. The van der Waals surface area contributed by atoms with Gasteiger partial charge in [0.1, 0.15) is 0 Å². The molecule has 0 unspecified atom stereocenters. The van der Waals surface area contributed by atoms with Gasteiger partial charge in [-0.25, -0.2) is 0 Å². The quantitative estimate of drug-likeness (QED) is 0.711. The molecule has 1 heteroatoms. The summed E-state index contributed by atoms with van der Waals surface area (Å²) in [6.07, 6.45) is 4.07. The van der Waals surface area contributed by atoms with Crippen LogP contribution >= 0.6 is 0 Å². The molecule has 0 N–H and O–H groups in total. The Kier molecular flexibility index (Phi) is 3.00. The molecule has 0 aliphatic rings. The summed E-state index contributed by atoms with van der Waals surface area (Å²) in [5.74, 6) is 0. The van der Waals surface area contributed by atoms with E-state index in [9.17, 15) is 0 Å². The fraction of sp³-hybridized carbons (Fsp3) is 0.385. The Morgan fingerprint density at radius 3 is 2.43 bits per heavy atom. The van der Waals surface area contributed by atoms with Gasteiger partial charge in [0, 0.05) is 8.48 Å². The van der Waals surface area contributed by atoms with Gasteiger partial charge in [0.15, 0.2) is 0 Å². The molecule has 0 aliphatic carbocycles. The molecule has 1 aromatic carbocycles. The van der Waals surface area contributed by atoms with E-state index in [-0.39, 0.29) is 5.60 Å². The van der Waals surface area contributed by atoms with Crippen LogP contribution in [0.2, 0.25) is 0 Å². The number of ether oxygens (including phenoxy) is 1. The van der Waals surface area contributed by atoms with Gasteiger partial charge in [0.2, 0.25) is 0 Å². The van der Waals surface area contributed by atoms with E-state index in [1.54, 1.807) is 7.11 Å². The minimum Gasteiger partial charge on any atom is -0.375 e.